The number of ether oxygens (including phenoxy) is 21. The zero-order valence-electron chi connectivity index (χ0n) is 78.4. The molecule has 11 aliphatic heterocycles. The van der Waals surface area contributed by atoms with E-state index in [1.807, 2.05) is 0 Å². The van der Waals surface area contributed by atoms with Crippen molar-refractivity contribution in [2.75, 3.05) is 66.1 Å². The Balaban J connectivity index is 1.00. The first-order valence-corrected chi connectivity index (χ1v) is 46.1. The second-order valence-corrected chi connectivity index (χ2v) is 36.7. The molecule has 0 bridgehead atoms. The maximum atomic E-state index is 13.6. The molecular formula is C81H134N6O58. The number of aliphatic hydroxyl groups excluding tert-OH is 29. The SMILES string of the molecule is CC(=O)N[C@@H]1[C@@H](O)[C@H](O[C@@H]2O[C@H](CO)[C@@H](O[C@@H]3O[C@H](CO[C@H]4O[C@H](CO)[C@@H](O)[C@H](O)[C@@H]4O[C@@H]4O[C@H](CO)[C@@H](O)[C@H](O)[C@H]4NC(C)=O)[C@@H](O[C@@H]4O[C@H](CO)[C@@H](O)[C@H](O)[C@H]4NC(C)=O)[C@H](O[C@H]4O[C@H](CO)[C@@H](O)[C@H](O)[C@@H]4O[C@@H]4O[C@H](CO)[C@@H](O[C@@H]5O[C@H](CO)[C@H](O)[C@H](O[C@]6(C(=O)O)C[C@H](O)[C@@H](NC(C)=O)[C@H]([C@H](O)[C@H](O)CO)O6)[C@H]5O)[C@H](O)[C@H]4NC(C)=O)[C@@H]3O)[C@H](O)[C@H]2NC(C)=O)[C@@H](CO[C@@H]2O[C@@H](C)[C@@H](O)[C@@H](O)[C@@H]2O)O[C@@H]1O. The van der Waals surface area contributed by atoms with E-state index in [4.69, 9.17) is 99.5 Å². The summed E-state index contributed by atoms with van der Waals surface area (Å²) >= 11 is 0. The third-order valence-electron chi connectivity index (χ3n) is 26.3. The fourth-order valence-corrected chi connectivity index (χ4v) is 18.8. The van der Waals surface area contributed by atoms with Gasteiger partial charge in [0.25, 0.3) is 5.79 Å². The lowest BCUT2D eigenvalue weighted by molar-refractivity contribution is -0.409. The van der Waals surface area contributed by atoms with Crippen LogP contribution in [-0.4, -0.2) is 604 Å². The Labute approximate surface area is 821 Å². The van der Waals surface area contributed by atoms with Crippen LogP contribution in [0.5, 0.6) is 0 Å². The highest BCUT2D eigenvalue weighted by Crippen LogP contribution is 2.44. The Hall–Kier alpha value is -5.71. The predicted octanol–water partition coefficient (Wildman–Crippen LogP) is -23.9. The standard InChI is InChI=1S/C81H134N6O58/c1-19-43(104)55(116)58(119)75(127-19)125-17-35-63(52(113)38(70(122)128-35)83-21(3)97)137-73-41(86-24(6)100)53(114)62(33(15-94)134-73)139-77-60(121)67(64(140-71-39(84-22(4)98)50(111)45(106)28(10-89)129-71)36(136-77)18-126-78-68(56(117)47(108)30(12-91)132-78)142-72-40(85-23(5)99)51(112)46(107)29(11-90)130-72)141-79-69(57(118)48(109)31(13-92)133-79)143-74-42(87-25(7)101)54(115)61(34(16-95)135-74)138-76-59(120)66(49(110)32(14-93)131-76)145-81(80(123)124)8-26(102)37(82-20(2)96)65(144-81)44(105)27(103)9-88/h19,26-79,88-95,102-122H,8-18H2,1-7H3,(H,82,96)(H,83,97)(H,84,98)(H,85,99)(H,86,100)(H,87,101)(H,123,124)/t19-,26-,27+,28+,29+,30+,31+,32+,33+,34+,35+,36+,37+,38+,39+,40+,41+,42+,43+,44+,45+,46+,47+,48+,49-,50+,51+,52+,53+,54+,55+,56-,57-,58-,59+,60-,61+,62+,63+,64+,65+,66-,67+,68-,69-,70-,71-,72-,73-,74-,75+,76-,77-,78-,79+,81-/m0/s1. The van der Waals surface area contributed by atoms with Crippen molar-refractivity contribution in [3.05, 3.63) is 0 Å². The van der Waals surface area contributed by atoms with Gasteiger partial charge in [-0.3, -0.25) is 28.8 Å². The maximum absolute atomic E-state index is 13.6. The zero-order valence-corrected chi connectivity index (χ0v) is 78.4. The summed E-state index contributed by atoms with van der Waals surface area (Å²) in [4.78, 5) is 91.5. The average Bonchev–Trinajstić information content (AvgIpc) is 0.749. The Morgan fingerprint density at radius 3 is 1.04 bits per heavy atom. The number of carboxylic acids is 1. The van der Waals surface area contributed by atoms with Crippen LogP contribution in [0.4, 0.5) is 0 Å². The molecule has 0 aromatic carbocycles. The number of carboxylic acid groups (broad SMARTS) is 1. The van der Waals surface area contributed by atoms with Gasteiger partial charge in [0.1, 0.15) is 256 Å². The molecule has 836 valence electrons. The largest absolute Gasteiger partial charge is 0.477 e. The molecule has 0 radical (unpaired) electrons. The fourth-order valence-electron chi connectivity index (χ4n) is 18.8. The minimum absolute atomic E-state index is 0.820. The quantitative estimate of drug-likeness (QED) is 0.0272. The van der Waals surface area contributed by atoms with Crippen LogP contribution in [0.15, 0.2) is 0 Å². The molecule has 6 amide bonds. The average molecular weight is 2120 g/mol. The van der Waals surface area contributed by atoms with E-state index in [2.05, 4.69) is 31.9 Å². The number of rotatable bonds is 39. The van der Waals surface area contributed by atoms with Crippen molar-refractivity contribution in [2.24, 2.45) is 0 Å². The number of nitrogens with one attached hydrogen (secondary N) is 6. The predicted molar refractivity (Wildman–Crippen MR) is 448 cm³/mol. The lowest BCUT2D eigenvalue weighted by Crippen LogP contribution is -2.72. The summed E-state index contributed by atoms with van der Waals surface area (Å²) in [6.07, 6.45) is -112. The third kappa shape index (κ3) is 26.9. The molecule has 0 aromatic heterocycles. The van der Waals surface area contributed by atoms with E-state index in [9.17, 15) is 187 Å². The smallest absolute Gasteiger partial charge is 0.364 e. The zero-order chi connectivity index (χ0) is 107. The van der Waals surface area contributed by atoms with Crippen molar-refractivity contribution in [1.82, 2.24) is 31.9 Å². The molecule has 11 saturated heterocycles. The molecule has 0 aliphatic carbocycles. The van der Waals surface area contributed by atoms with Gasteiger partial charge < -0.3 is 285 Å². The highest BCUT2D eigenvalue weighted by Gasteiger charge is 2.65. The molecule has 0 unspecified atom stereocenters. The lowest BCUT2D eigenvalue weighted by atomic mass is 9.88. The van der Waals surface area contributed by atoms with Crippen molar-refractivity contribution < 1.29 is 286 Å². The Bertz CT molecular complexity index is 4150. The van der Waals surface area contributed by atoms with Crippen molar-refractivity contribution >= 4 is 41.4 Å². The van der Waals surface area contributed by atoms with Crippen LogP contribution in [0.2, 0.25) is 0 Å². The third-order valence-corrected chi connectivity index (χ3v) is 26.3. The van der Waals surface area contributed by atoms with Crippen LogP contribution >= 0.6 is 0 Å². The van der Waals surface area contributed by atoms with Crippen LogP contribution in [0, 0.1) is 0 Å². The summed E-state index contributed by atoms with van der Waals surface area (Å²) < 4.78 is 128. The van der Waals surface area contributed by atoms with Gasteiger partial charge in [-0.05, 0) is 6.92 Å². The molecule has 56 atom stereocenters. The summed E-state index contributed by atoms with van der Waals surface area (Å²) in [6, 6.07) is -12.0. The second-order valence-electron chi connectivity index (χ2n) is 36.7. The molecule has 64 heteroatoms. The van der Waals surface area contributed by atoms with Gasteiger partial charge >= 0.3 is 5.97 Å². The molecule has 36 N–H and O–H groups in total. The Morgan fingerprint density at radius 2 is 0.614 bits per heavy atom. The van der Waals surface area contributed by atoms with Crippen LogP contribution in [0.3, 0.4) is 0 Å². The monoisotopic (exact) mass is 2120 g/mol. The van der Waals surface area contributed by atoms with Crippen molar-refractivity contribution in [1.29, 1.82) is 0 Å². The van der Waals surface area contributed by atoms with Crippen LogP contribution < -0.4 is 31.9 Å². The number of aliphatic hydroxyl groups is 29. The van der Waals surface area contributed by atoms with E-state index in [0.29, 0.717) is 0 Å². The number of amides is 6. The van der Waals surface area contributed by atoms with Gasteiger partial charge in [-0.15, -0.1) is 0 Å². The highest BCUT2D eigenvalue weighted by molar-refractivity contribution is 5.77. The molecule has 0 aromatic rings. The van der Waals surface area contributed by atoms with Crippen LogP contribution in [-0.2, 0) is 133 Å². The maximum Gasteiger partial charge on any atom is 0.364 e. The number of hydrogen-bond acceptors (Lipinski definition) is 57. The minimum Gasteiger partial charge on any atom is -0.477 e. The topological polar surface area (TPSA) is 992 Å². The molecule has 64 nitrogen and oxygen atoms in total. The van der Waals surface area contributed by atoms with Crippen molar-refractivity contribution in [2.45, 2.75) is 398 Å². The normalized spacial score (nSPS) is 47.2. The number of aliphatic carboxylic acids is 1. The van der Waals surface area contributed by atoms with E-state index in [-0.39, 0.29) is 0 Å². The van der Waals surface area contributed by atoms with Crippen molar-refractivity contribution in [3.8, 4) is 0 Å². The molecule has 145 heavy (non-hydrogen) atoms. The summed E-state index contributed by atoms with van der Waals surface area (Å²) in [7, 11) is 0. The number of carbonyl (C=O) groups is 7. The van der Waals surface area contributed by atoms with E-state index in [0.717, 1.165) is 41.5 Å². The summed E-state index contributed by atoms with van der Waals surface area (Å²) in [6.45, 7) is -5.81. The Morgan fingerprint density at radius 1 is 0.297 bits per heavy atom. The van der Waals surface area contributed by atoms with E-state index >= 15 is 0 Å². The summed E-state index contributed by atoms with van der Waals surface area (Å²) in [5.74, 6) is -11.6. The van der Waals surface area contributed by atoms with Crippen molar-refractivity contribution in [3.63, 3.8) is 0 Å². The molecule has 0 spiro atoms. The van der Waals surface area contributed by atoms with Gasteiger partial charge in [-0.1, -0.05) is 0 Å². The van der Waals surface area contributed by atoms with Crippen LogP contribution in [0.25, 0.3) is 0 Å². The minimum atomic E-state index is -3.37. The lowest BCUT2D eigenvalue weighted by Gasteiger charge is -2.52. The van der Waals surface area contributed by atoms with Gasteiger partial charge in [0.05, 0.1) is 84.3 Å². The fraction of sp³-hybridized carbons (Fsp3) is 0.914. The van der Waals surface area contributed by atoms with Gasteiger partial charge in [-0.25, -0.2) is 4.79 Å². The highest BCUT2D eigenvalue weighted by atomic mass is 16.8. The number of carbonyl (C=O) groups excluding carboxylic acids is 6. The molecule has 11 heterocycles. The van der Waals surface area contributed by atoms with E-state index in [1.54, 1.807) is 0 Å². The first-order chi connectivity index (χ1) is 68.4. The number of hydrogen-bond donors (Lipinski definition) is 36. The molecule has 11 rings (SSSR count). The Kier molecular flexibility index (Phi) is 42.7. The molecular weight excluding hydrogens is 1980 g/mol. The molecule has 11 fully saturated rings. The van der Waals surface area contributed by atoms with Crippen LogP contribution in [0.1, 0.15) is 54.9 Å². The summed E-state index contributed by atoms with van der Waals surface area (Å²) in [5.41, 5.74) is 0. The van der Waals surface area contributed by atoms with Gasteiger partial charge in [0.2, 0.25) is 35.4 Å². The van der Waals surface area contributed by atoms with E-state index in [1.165, 1.54) is 6.92 Å². The summed E-state index contributed by atoms with van der Waals surface area (Å²) in [5, 5.41) is 356. The first-order valence-electron chi connectivity index (χ1n) is 46.1. The van der Waals surface area contributed by atoms with Gasteiger partial charge in [0.15, 0.2) is 62.9 Å². The molecule has 11 aliphatic rings. The van der Waals surface area contributed by atoms with Gasteiger partial charge in [0, 0.05) is 48.0 Å². The van der Waals surface area contributed by atoms with E-state index < -0.39 is 457 Å². The second kappa shape index (κ2) is 51.8. The van der Waals surface area contributed by atoms with Gasteiger partial charge in [-0.2, -0.15) is 0 Å². The molecule has 0 saturated carbocycles. The first kappa shape index (κ1) is 120.